The van der Waals surface area contributed by atoms with Gasteiger partial charge in [0.15, 0.2) is 0 Å². The Labute approximate surface area is 185 Å². The molecule has 0 saturated carbocycles. The van der Waals surface area contributed by atoms with Crippen LogP contribution in [0.2, 0.25) is 0 Å². The van der Waals surface area contributed by atoms with Crippen LogP contribution in [0, 0.1) is 13.8 Å². The summed E-state index contributed by atoms with van der Waals surface area (Å²) in [6.45, 7) is 6.94. The molecule has 1 amide bonds. The van der Waals surface area contributed by atoms with Crippen LogP contribution >= 0.6 is 11.3 Å². The second-order valence-corrected chi connectivity index (χ2v) is 9.66. The summed E-state index contributed by atoms with van der Waals surface area (Å²) in [6, 6.07) is 10.0. The summed E-state index contributed by atoms with van der Waals surface area (Å²) in [5.41, 5.74) is 1.31. The minimum atomic E-state index is -0.396. The van der Waals surface area contributed by atoms with Gasteiger partial charge in [-0.3, -0.25) is 18.7 Å². The van der Waals surface area contributed by atoms with E-state index < -0.39 is 5.69 Å². The van der Waals surface area contributed by atoms with Crippen molar-refractivity contribution >= 4 is 27.5 Å². The molecule has 31 heavy (non-hydrogen) atoms. The van der Waals surface area contributed by atoms with E-state index in [0.29, 0.717) is 23.2 Å². The summed E-state index contributed by atoms with van der Waals surface area (Å²) in [6.07, 6.45) is 3.70. The van der Waals surface area contributed by atoms with Crippen molar-refractivity contribution in [1.82, 2.24) is 14.0 Å². The quantitative estimate of drug-likeness (QED) is 0.611. The summed E-state index contributed by atoms with van der Waals surface area (Å²) in [7, 11) is 0. The van der Waals surface area contributed by atoms with E-state index in [4.69, 9.17) is 0 Å². The van der Waals surface area contributed by atoms with E-state index in [-0.39, 0.29) is 24.1 Å². The van der Waals surface area contributed by atoms with Crippen LogP contribution < -0.4 is 11.2 Å². The molecule has 164 valence electrons. The molecule has 6 nitrogen and oxygen atoms in total. The van der Waals surface area contributed by atoms with Crippen LogP contribution in [-0.4, -0.2) is 32.5 Å². The fourth-order valence-corrected chi connectivity index (χ4v) is 5.56. The Bertz CT molecular complexity index is 1220. The number of rotatable bonds is 5. The van der Waals surface area contributed by atoms with E-state index in [9.17, 15) is 14.4 Å². The highest BCUT2D eigenvalue weighted by Crippen LogP contribution is 2.27. The van der Waals surface area contributed by atoms with E-state index in [1.165, 1.54) is 20.5 Å². The number of nitrogens with zero attached hydrogens (tertiary/aromatic N) is 3. The zero-order valence-electron chi connectivity index (χ0n) is 18.4. The third-order valence-corrected chi connectivity index (χ3v) is 7.65. The number of thiophene rings is 1. The minimum absolute atomic E-state index is 0.0231. The smallest absolute Gasteiger partial charge is 0.332 e. The Kier molecular flexibility index (Phi) is 6.14. The van der Waals surface area contributed by atoms with Gasteiger partial charge in [0, 0.05) is 24.0 Å². The van der Waals surface area contributed by atoms with Crippen LogP contribution in [0.4, 0.5) is 0 Å². The summed E-state index contributed by atoms with van der Waals surface area (Å²) >= 11 is 1.43. The maximum absolute atomic E-state index is 13.4. The maximum Gasteiger partial charge on any atom is 0.332 e. The third kappa shape index (κ3) is 4.11. The topological polar surface area (TPSA) is 64.3 Å². The molecule has 3 aromatic rings. The molecule has 1 aliphatic rings. The van der Waals surface area contributed by atoms with Gasteiger partial charge in [0.25, 0.3) is 5.56 Å². The van der Waals surface area contributed by atoms with Gasteiger partial charge in [-0.2, -0.15) is 0 Å². The lowest BCUT2D eigenvalue weighted by Crippen LogP contribution is -2.47. The van der Waals surface area contributed by atoms with E-state index in [0.717, 1.165) is 41.8 Å². The number of fused-ring (bicyclic) bond motifs is 1. The Morgan fingerprint density at radius 3 is 2.55 bits per heavy atom. The van der Waals surface area contributed by atoms with Crippen LogP contribution in [0.15, 0.2) is 39.9 Å². The second-order valence-electron chi connectivity index (χ2n) is 8.46. The van der Waals surface area contributed by atoms with Crippen molar-refractivity contribution in [3.8, 4) is 0 Å². The average Bonchev–Trinajstić information content (AvgIpc) is 3.06. The summed E-state index contributed by atoms with van der Waals surface area (Å²) in [5.74, 6) is -0.0486. The highest BCUT2D eigenvalue weighted by atomic mass is 32.1. The van der Waals surface area contributed by atoms with Crippen LogP contribution in [0.25, 0.3) is 10.2 Å². The van der Waals surface area contributed by atoms with Crippen molar-refractivity contribution in [2.45, 2.75) is 65.6 Å². The first kappa shape index (κ1) is 21.6. The molecule has 0 radical (unpaired) electrons. The number of aromatic nitrogens is 2. The van der Waals surface area contributed by atoms with Gasteiger partial charge in [0.2, 0.25) is 5.91 Å². The number of piperidine rings is 1. The van der Waals surface area contributed by atoms with Gasteiger partial charge in [0.05, 0.1) is 5.39 Å². The fourth-order valence-electron chi connectivity index (χ4n) is 4.42. The second kappa shape index (κ2) is 8.83. The Morgan fingerprint density at radius 1 is 1.10 bits per heavy atom. The molecule has 1 aliphatic heterocycles. The van der Waals surface area contributed by atoms with E-state index >= 15 is 0 Å². The largest absolute Gasteiger partial charge is 0.338 e. The number of hydrogen-bond donors (Lipinski definition) is 0. The molecule has 2 aromatic heterocycles. The molecule has 0 spiro atoms. The first-order chi connectivity index (χ1) is 14.9. The Hall–Kier alpha value is -2.67. The van der Waals surface area contributed by atoms with Gasteiger partial charge in [-0.1, -0.05) is 30.3 Å². The van der Waals surface area contributed by atoms with Crippen LogP contribution in [0.1, 0.15) is 42.2 Å². The molecule has 1 fully saturated rings. The molecule has 0 N–H and O–H groups in total. The molecule has 0 bridgehead atoms. The van der Waals surface area contributed by atoms with Crippen LogP contribution in [0.5, 0.6) is 0 Å². The van der Waals surface area contributed by atoms with E-state index in [1.54, 1.807) is 0 Å². The average molecular weight is 440 g/mol. The van der Waals surface area contributed by atoms with Crippen molar-refractivity contribution in [2.24, 2.45) is 0 Å². The number of carbonyl (C=O) groups excluding carboxylic acids is 1. The lowest BCUT2D eigenvalue weighted by atomic mass is 10.0. The number of carbonyl (C=O) groups is 1. The van der Waals surface area contributed by atoms with Crippen LogP contribution in [-0.2, 0) is 24.3 Å². The molecule has 1 atom stereocenters. The highest BCUT2D eigenvalue weighted by Gasteiger charge is 2.26. The summed E-state index contributed by atoms with van der Waals surface area (Å²) in [5, 5.41) is 0.564. The number of aryl methyl sites for hydroxylation is 3. The SMILES string of the molecule is Cc1sc2c(c1C)c(=O)n(CCc1ccccc1)c(=O)n2CC(=O)N1CCCC[C@@H]1C. The Morgan fingerprint density at radius 2 is 1.84 bits per heavy atom. The maximum atomic E-state index is 13.4. The molecule has 0 aliphatic carbocycles. The van der Waals surface area contributed by atoms with E-state index in [1.807, 2.05) is 49.1 Å². The lowest BCUT2D eigenvalue weighted by molar-refractivity contribution is -0.135. The van der Waals surface area contributed by atoms with Crippen molar-refractivity contribution in [3.05, 3.63) is 67.2 Å². The van der Waals surface area contributed by atoms with Gasteiger partial charge < -0.3 is 4.90 Å². The third-order valence-electron chi connectivity index (χ3n) is 6.42. The Balaban J connectivity index is 1.76. The van der Waals surface area contributed by atoms with E-state index in [2.05, 4.69) is 6.92 Å². The predicted octanol–water partition coefficient (Wildman–Crippen LogP) is 3.49. The number of amides is 1. The van der Waals surface area contributed by atoms with Gasteiger partial charge in [-0.25, -0.2) is 4.79 Å². The molecular formula is C24H29N3O3S. The van der Waals surface area contributed by atoms with Gasteiger partial charge >= 0.3 is 5.69 Å². The number of hydrogen-bond acceptors (Lipinski definition) is 4. The van der Waals surface area contributed by atoms with Crippen molar-refractivity contribution in [1.29, 1.82) is 0 Å². The predicted molar refractivity (Wildman–Crippen MR) is 125 cm³/mol. The lowest BCUT2D eigenvalue weighted by Gasteiger charge is -2.33. The highest BCUT2D eigenvalue weighted by molar-refractivity contribution is 7.18. The zero-order chi connectivity index (χ0) is 22.1. The van der Waals surface area contributed by atoms with Gasteiger partial charge in [-0.15, -0.1) is 11.3 Å². The molecule has 1 saturated heterocycles. The van der Waals surface area contributed by atoms with Gasteiger partial charge in [0.1, 0.15) is 11.4 Å². The molecule has 7 heteroatoms. The normalized spacial score (nSPS) is 16.7. The first-order valence-corrected chi connectivity index (χ1v) is 11.8. The molecule has 0 unspecified atom stereocenters. The summed E-state index contributed by atoms with van der Waals surface area (Å²) in [4.78, 5) is 43.3. The fraction of sp³-hybridized carbons (Fsp3) is 0.458. The van der Waals surface area contributed by atoms with Crippen molar-refractivity contribution < 1.29 is 4.79 Å². The standard InChI is InChI=1S/C24H29N3O3S/c1-16-9-7-8-13-25(16)20(28)15-27-23-21(17(2)18(3)31-23)22(29)26(24(27)30)14-12-19-10-5-4-6-11-19/h4-6,10-11,16H,7-9,12-15H2,1-3H3/t16-/m0/s1. The molecule has 3 heterocycles. The molecule has 1 aromatic carbocycles. The summed E-state index contributed by atoms with van der Waals surface area (Å²) < 4.78 is 2.83. The monoisotopic (exact) mass is 439 g/mol. The van der Waals surface area contributed by atoms with Crippen LogP contribution in [0.3, 0.4) is 0 Å². The molecule has 4 rings (SSSR count). The number of likely N-dealkylation sites (tertiary alicyclic amines) is 1. The minimum Gasteiger partial charge on any atom is -0.338 e. The van der Waals surface area contributed by atoms with Crippen molar-refractivity contribution in [3.63, 3.8) is 0 Å². The number of benzene rings is 1. The van der Waals surface area contributed by atoms with Crippen molar-refractivity contribution in [2.75, 3.05) is 6.54 Å². The van der Waals surface area contributed by atoms with Gasteiger partial charge in [-0.05, 0) is 57.6 Å². The first-order valence-electron chi connectivity index (χ1n) is 10.9. The molecular weight excluding hydrogens is 410 g/mol. The zero-order valence-corrected chi connectivity index (χ0v) is 19.2.